The van der Waals surface area contributed by atoms with Crippen LogP contribution in [0.25, 0.3) is 0 Å². The summed E-state index contributed by atoms with van der Waals surface area (Å²) in [6.45, 7) is 6.16. The van der Waals surface area contributed by atoms with Gasteiger partial charge in [0.05, 0.1) is 6.54 Å². The van der Waals surface area contributed by atoms with Crippen molar-refractivity contribution >= 4 is 11.9 Å². The standard InChI is InChI=1S/C16H26N4O/c1-3-5-10-19-16(17)20-12-13-7-6-8-14(11-13)15(21)18-9-4-2/h6-8,11H,3-5,9-10,12H2,1-2H3,(H,18,21)(H3,17,19,20). The van der Waals surface area contributed by atoms with Gasteiger partial charge in [-0.25, -0.2) is 4.99 Å². The topological polar surface area (TPSA) is 79.5 Å². The molecule has 0 bridgehead atoms. The highest BCUT2D eigenvalue weighted by Crippen LogP contribution is 2.06. The molecule has 0 aromatic heterocycles. The average molecular weight is 290 g/mol. The van der Waals surface area contributed by atoms with E-state index in [2.05, 4.69) is 22.5 Å². The summed E-state index contributed by atoms with van der Waals surface area (Å²) in [5, 5.41) is 5.93. The van der Waals surface area contributed by atoms with Crippen molar-refractivity contribution in [3.8, 4) is 0 Å². The van der Waals surface area contributed by atoms with E-state index >= 15 is 0 Å². The van der Waals surface area contributed by atoms with E-state index in [1.165, 1.54) is 0 Å². The third-order valence-corrected chi connectivity index (χ3v) is 2.99. The van der Waals surface area contributed by atoms with Crippen molar-refractivity contribution in [2.45, 2.75) is 39.7 Å². The number of nitrogens with two attached hydrogens (primary N) is 1. The lowest BCUT2D eigenvalue weighted by Crippen LogP contribution is -2.32. The minimum atomic E-state index is -0.0447. The molecule has 5 heteroatoms. The first kappa shape index (κ1) is 17.0. The van der Waals surface area contributed by atoms with Gasteiger partial charge in [-0.15, -0.1) is 0 Å². The van der Waals surface area contributed by atoms with E-state index < -0.39 is 0 Å². The van der Waals surface area contributed by atoms with Crippen LogP contribution in [0, 0.1) is 0 Å². The van der Waals surface area contributed by atoms with Crippen LogP contribution in [0.2, 0.25) is 0 Å². The predicted molar refractivity (Wildman–Crippen MR) is 87.3 cm³/mol. The van der Waals surface area contributed by atoms with Crippen molar-refractivity contribution < 1.29 is 4.79 Å². The molecule has 1 aromatic carbocycles. The molecule has 0 radical (unpaired) electrons. The molecule has 0 heterocycles. The van der Waals surface area contributed by atoms with Gasteiger partial charge in [0.25, 0.3) is 5.91 Å². The lowest BCUT2D eigenvalue weighted by molar-refractivity contribution is 0.0953. The van der Waals surface area contributed by atoms with Gasteiger partial charge in [0, 0.05) is 18.7 Å². The molecular weight excluding hydrogens is 264 g/mol. The number of hydrogen-bond acceptors (Lipinski definition) is 2. The first-order valence-corrected chi connectivity index (χ1v) is 7.58. The first-order chi connectivity index (χ1) is 10.2. The summed E-state index contributed by atoms with van der Waals surface area (Å²) in [5.74, 6) is 0.404. The van der Waals surface area contributed by atoms with Crippen LogP contribution < -0.4 is 16.4 Å². The molecule has 4 N–H and O–H groups in total. The number of aliphatic imine (C=N–C) groups is 1. The predicted octanol–water partition coefficient (Wildman–Crippen LogP) is 2.03. The summed E-state index contributed by atoms with van der Waals surface area (Å²) in [5.41, 5.74) is 7.42. The number of carbonyl (C=O) groups excluding carboxylic acids is 1. The Bertz CT molecular complexity index is 471. The molecule has 5 nitrogen and oxygen atoms in total. The number of guanidine groups is 1. The fourth-order valence-electron chi connectivity index (χ4n) is 1.78. The number of carbonyl (C=O) groups is 1. The molecule has 0 aliphatic heterocycles. The number of nitrogens with zero attached hydrogens (tertiary/aromatic N) is 1. The molecule has 0 atom stereocenters. The molecule has 0 aliphatic rings. The molecule has 21 heavy (non-hydrogen) atoms. The highest BCUT2D eigenvalue weighted by atomic mass is 16.1. The van der Waals surface area contributed by atoms with Crippen LogP contribution in [0.4, 0.5) is 0 Å². The lowest BCUT2D eigenvalue weighted by Gasteiger charge is -2.06. The summed E-state index contributed by atoms with van der Waals surface area (Å²) < 4.78 is 0. The molecule has 0 unspecified atom stereocenters. The van der Waals surface area contributed by atoms with E-state index in [0.29, 0.717) is 24.6 Å². The van der Waals surface area contributed by atoms with Crippen LogP contribution in [-0.2, 0) is 6.54 Å². The Kier molecular flexibility index (Phi) is 7.94. The van der Waals surface area contributed by atoms with Crippen molar-refractivity contribution in [3.05, 3.63) is 35.4 Å². The summed E-state index contributed by atoms with van der Waals surface area (Å²) in [7, 11) is 0. The van der Waals surface area contributed by atoms with Crippen LogP contribution in [0.5, 0.6) is 0 Å². The van der Waals surface area contributed by atoms with Gasteiger partial charge in [-0.2, -0.15) is 0 Å². The van der Waals surface area contributed by atoms with Crippen LogP contribution in [0.3, 0.4) is 0 Å². The van der Waals surface area contributed by atoms with E-state index in [-0.39, 0.29) is 5.91 Å². The van der Waals surface area contributed by atoms with Gasteiger partial charge in [0.1, 0.15) is 0 Å². The molecule has 0 saturated heterocycles. The highest BCUT2D eigenvalue weighted by Gasteiger charge is 2.04. The maximum absolute atomic E-state index is 11.9. The van der Waals surface area contributed by atoms with Crippen molar-refractivity contribution in [1.29, 1.82) is 0 Å². The zero-order valence-corrected chi connectivity index (χ0v) is 13.0. The molecule has 0 fully saturated rings. The van der Waals surface area contributed by atoms with Crippen LogP contribution >= 0.6 is 0 Å². The summed E-state index contributed by atoms with van der Waals surface area (Å²) >= 11 is 0. The van der Waals surface area contributed by atoms with E-state index in [9.17, 15) is 4.79 Å². The van der Waals surface area contributed by atoms with Gasteiger partial charge in [-0.3, -0.25) is 4.79 Å². The summed E-state index contributed by atoms with van der Waals surface area (Å²) in [6, 6.07) is 7.47. The molecule has 1 rings (SSSR count). The van der Waals surface area contributed by atoms with Gasteiger partial charge in [-0.1, -0.05) is 32.4 Å². The number of hydrogen-bond donors (Lipinski definition) is 3. The third-order valence-electron chi connectivity index (χ3n) is 2.99. The van der Waals surface area contributed by atoms with Crippen molar-refractivity contribution in [2.75, 3.05) is 13.1 Å². The molecule has 1 aromatic rings. The monoisotopic (exact) mass is 290 g/mol. The van der Waals surface area contributed by atoms with Crippen molar-refractivity contribution in [2.24, 2.45) is 10.7 Å². The lowest BCUT2D eigenvalue weighted by atomic mass is 10.1. The van der Waals surface area contributed by atoms with Crippen molar-refractivity contribution in [3.63, 3.8) is 0 Å². The maximum Gasteiger partial charge on any atom is 0.251 e. The Morgan fingerprint density at radius 1 is 1.19 bits per heavy atom. The fourth-order valence-corrected chi connectivity index (χ4v) is 1.78. The third kappa shape index (κ3) is 6.79. The molecule has 0 spiro atoms. The summed E-state index contributed by atoms with van der Waals surface area (Å²) in [4.78, 5) is 16.2. The van der Waals surface area contributed by atoms with E-state index in [1.54, 1.807) is 6.07 Å². The Balaban J connectivity index is 2.56. The van der Waals surface area contributed by atoms with Gasteiger partial charge in [0.2, 0.25) is 0 Å². The van der Waals surface area contributed by atoms with Crippen molar-refractivity contribution in [1.82, 2.24) is 10.6 Å². The first-order valence-electron chi connectivity index (χ1n) is 7.58. The smallest absolute Gasteiger partial charge is 0.251 e. The second-order valence-electron chi connectivity index (χ2n) is 4.94. The van der Waals surface area contributed by atoms with Gasteiger partial charge in [-0.05, 0) is 30.5 Å². The fraction of sp³-hybridized carbons (Fsp3) is 0.500. The van der Waals surface area contributed by atoms with E-state index in [4.69, 9.17) is 5.73 Å². The van der Waals surface area contributed by atoms with E-state index in [0.717, 1.165) is 31.4 Å². The normalized spacial score (nSPS) is 11.2. The zero-order chi connectivity index (χ0) is 15.5. The van der Waals surface area contributed by atoms with Gasteiger partial charge < -0.3 is 16.4 Å². The highest BCUT2D eigenvalue weighted by molar-refractivity contribution is 5.94. The minimum absolute atomic E-state index is 0.0447. The largest absolute Gasteiger partial charge is 0.370 e. The number of rotatable bonds is 8. The van der Waals surface area contributed by atoms with Gasteiger partial charge >= 0.3 is 0 Å². The minimum Gasteiger partial charge on any atom is -0.370 e. The molecular formula is C16H26N4O. The van der Waals surface area contributed by atoms with Gasteiger partial charge in [0.15, 0.2) is 5.96 Å². The Labute approximate surface area is 127 Å². The maximum atomic E-state index is 11.9. The molecule has 0 saturated carbocycles. The molecule has 0 aliphatic carbocycles. The Morgan fingerprint density at radius 2 is 2.00 bits per heavy atom. The molecule has 1 amide bonds. The van der Waals surface area contributed by atoms with E-state index in [1.807, 2.05) is 25.1 Å². The number of unbranched alkanes of at least 4 members (excludes halogenated alkanes) is 1. The Hall–Kier alpha value is -2.04. The number of nitrogens with one attached hydrogen (secondary N) is 2. The van der Waals surface area contributed by atoms with Crippen LogP contribution in [0.15, 0.2) is 29.3 Å². The average Bonchev–Trinajstić information content (AvgIpc) is 2.51. The zero-order valence-electron chi connectivity index (χ0n) is 13.0. The SMILES string of the molecule is CCCCNC(N)=NCc1cccc(C(=O)NCCC)c1. The quantitative estimate of drug-likeness (QED) is 0.389. The van der Waals surface area contributed by atoms with Crippen LogP contribution in [0.1, 0.15) is 49.0 Å². The number of amides is 1. The number of benzene rings is 1. The second-order valence-corrected chi connectivity index (χ2v) is 4.94. The second kappa shape index (κ2) is 9.80. The Morgan fingerprint density at radius 3 is 2.71 bits per heavy atom. The van der Waals surface area contributed by atoms with Crippen LogP contribution in [-0.4, -0.2) is 25.0 Å². The summed E-state index contributed by atoms with van der Waals surface area (Å²) in [6.07, 6.45) is 3.12. The molecule has 116 valence electrons.